The number of benzene rings is 1. The standard InChI is InChI=1S/C16H19N3O.C9H11ClN2O.C9H13N3O/c1-12-9-14(16(20)19(2)3)10-15(18-12)17-11-13-7-5-4-6-8-13;2*1-6-4-7(5-8(10)11-6)9(13)12(2)3/h4-10H,11H2,1-3H3,(H,17,18);4-5H,1-3H3;4-5H,1-3H3,(H2,10,11). The number of carbonyl (C=O) groups is 3. The number of rotatable bonds is 6. The molecule has 0 spiro atoms. The fraction of sp³-hybridized carbons (Fsp3) is 0.294. The van der Waals surface area contributed by atoms with Crippen molar-refractivity contribution in [3.63, 3.8) is 0 Å². The highest BCUT2D eigenvalue weighted by atomic mass is 35.5. The van der Waals surface area contributed by atoms with Crippen molar-refractivity contribution in [2.45, 2.75) is 27.3 Å². The van der Waals surface area contributed by atoms with Gasteiger partial charge in [0.15, 0.2) is 0 Å². The third-order valence-electron chi connectivity index (χ3n) is 6.12. The first-order chi connectivity index (χ1) is 21.6. The Morgan fingerprint density at radius 2 is 1.09 bits per heavy atom. The molecule has 0 fully saturated rings. The number of aromatic nitrogens is 3. The van der Waals surface area contributed by atoms with Gasteiger partial charge in [0.25, 0.3) is 17.7 Å². The molecule has 3 N–H and O–H groups in total. The number of nitrogen functional groups attached to an aromatic ring is 1. The van der Waals surface area contributed by atoms with Crippen LogP contribution in [0.1, 0.15) is 53.7 Å². The topological polar surface area (TPSA) is 138 Å². The molecular formula is C34H43ClN8O3. The van der Waals surface area contributed by atoms with Crippen molar-refractivity contribution in [2.24, 2.45) is 0 Å². The second kappa shape index (κ2) is 17.5. The van der Waals surface area contributed by atoms with Crippen molar-refractivity contribution >= 4 is 41.0 Å². The number of carbonyl (C=O) groups excluding carboxylic acids is 3. The second-order valence-corrected chi connectivity index (χ2v) is 11.4. The first-order valence-corrected chi connectivity index (χ1v) is 14.7. The fourth-order valence-corrected chi connectivity index (χ4v) is 4.27. The molecule has 0 atom stereocenters. The smallest absolute Gasteiger partial charge is 0.253 e. The largest absolute Gasteiger partial charge is 0.384 e. The molecule has 0 saturated heterocycles. The molecule has 0 unspecified atom stereocenters. The van der Waals surface area contributed by atoms with Gasteiger partial charge in [-0.3, -0.25) is 14.4 Å². The highest BCUT2D eigenvalue weighted by Crippen LogP contribution is 2.14. The van der Waals surface area contributed by atoms with E-state index >= 15 is 0 Å². The maximum Gasteiger partial charge on any atom is 0.253 e. The van der Waals surface area contributed by atoms with Gasteiger partial charge >= 0.3 is 0 Å². The third kappa shape index (κ3) is 12.2. The molecule has 0 radical (unpaired) electrons. The molecule has 244 valence electrons. The number of pyridine rings is 3. The van der Waals surface area contributed by atoms with Gasteiger partial charge in [0.05, 0.1) is 0 Å². The Balaban J connectivity index is 0.000000250. The van der Waals surface area contributed by atoms with Gasteiger partial charge in [0.2, 0.25) is 0 Å². The highest BCUT2D eigenvalue weighted by Gasteiger charge is 2.11. The maximum absolute atomic E-state index is 12.0. The van der Waals surface area contributed by atoms with E-state index in [9.17, 15) is 14.4 Å². The monoisotopic (exact) mass is 646 g/mol. The van der Waals surface area contributed by atoms with Crippen molar-refractivity contribution in [3.8, 4) is 0 Å². The molecule has 0 aliphatic heterocycles. The van der Waals surface area contributed by atoms with Crippen LogP contribution in [0.3, 0.4) is 0 Å². The van der Waals surface area contributed by atoms with Crippen molar-refractivity contribution < 1.29 is 14.4 Å². The Morgan fingerprint density at radius 3 is 1.54 bits per heavy atom. The fourth-order valence-electron chi connectivity index (χ4n) is 4.01. The molecule has 3 heterocycles. The summed E-state index contributed by atoms with van der Waals surface area (Å²) in [6, 6.07) is 20.3. The van der Waals surface area contributed by atoms with Crippen molar-refractivity contribution in [1.29, 1.82) is 0 Å². The minimum Gasteiger partial charge on any atom is -0.384 e. The summed E-state index contributed by atoms with van der Waals surface area (Å²) in [6.45, 7) is 6.19. The number of hydrogen-bond acceptors (Lipinski definition) is 8. The first kappa shape index (κ1) is 37.2. The van der Waals surface area contributed by atoms with E-state index in [0.29, 0.717) is 34.2 Å². The Kier molecular flexibility index (Phi) is 14.1. The van der Waals surface area contributed by atoms with E-state index in [0.717, 1.165) is 22.9 Å². The van der Waals surface area contributed by atoms with E-state index in [1.165, 1.54) is 15.4 Å². The van der Waals surface area contributed by atoms with Gasteiger partial charge in [0.1, 0.15) is 16.8 Å². The van der Waals surface area contributed by atoms with Gasteiger partial charge in [0, 0.05) is 82.6 Å². The summed E-state index contributed by atoms with van der Waals surface area (Å²) in [4.78, 5) is 51.9. The van der Waals surface area contributed by atoms with Crippen LogP contribution in [-0.4, -0.2) is 89.7 Å². The summed E-state index contributed by atoms with van der Waals surface area (Å²) < 4.78 is 0. The predicted molar refractivity (Wildman–Crippen MR) is 184 cm³/mol. The molecule has 0 aliphatic carbocycles. The average molecular weight is 647 g/mol. The summed E-state index contributed by atoms with van der Waals surface area (Å²) in [5, 5.41) is 3.61. The minimum atomic E-state index is -0.0626. The number of halogens is 1. The van der Waals surface area contributed by atoms with Crippen LogP contribution in [0, 0.1) is 20.8 Å². The first-order valence-electron chi connectivity index (χ1n) is 14.4. The van der Waals surface area contributed by atoms with Crippen molar-refractivity contribution in [1.82, 2.24) is 29.7 Å². The van der Waals surface area contributed by atoms with Gasteiger partial charge in [-0.2, -0.15) is 0 Å². The quantitative estimate of drug-likeness (QED) is 0.275. The molecule has 4 rings (SSSR count). The van der Waals surface area contributed by atoms with E-state index in [-0.39, 0.29) is 17.7 Å². The molecule has 11 nitrogen and oxygen atoms in total. The van der Waals surface area contributed by atoms with E-state index < -0.39 is 0 Å². The lowest BCUT2D eigenvalue weighted by molar-refractivity contribution is 0.0820. The van der Waals surface area contributed by atoms with Crippen LogP contribution in [0.15, 0.2) is 66.7 Å². The SMILES string of the molecule is Cc1cc(C(=O)N(C)C)cc(Cl)n1.Cc1cc(C(=O)N(C)C)cc(N)n1.Cc1cc(C(=O)N(C)C)cc(NCc2ccccc2)n1. The number of amides is 3. The lowest BCUT2D eigenvalue weighted by Crippen LogP contribution is -2.22. The number of aryl methyl sites for hydroxylation is 3. The van der Waals surface area contributed by atoms with Gasteiger partial charge in [-0.25, -0.2) is 15.0 Å². The van der Waals surface area contributed by atoms with E-state index in [4.69, 9.17) is 17.3 Å². The van der Waals surface area contributed by atoms with Crippen LogP contribution < -0.4 is 11.1 Å². The molecule has 3 aromatic heterocycles. The zero-order valence-corrected chi connectivity index (χ0v) is 28.7. The van der Waals surface area contributed by atoms with Crippen LogP contribution in [0.4, 0.5) is 11.6 Å². The molecule has 0 aliphatic rings. The van der Waals surface area contributed by atoms with Gasteiger partial charge in [-0.1, -0.05) is 41.9 Å². The molecule has 0 bridgehead atoms. The zero-order chi connectivity index (χ0) is 34.6. The predicted octanol–water partition coefficient (Wildman–Crippen LogP) is 5.12. The van der Waals surface area contributed by atoms with E-state index in [1.807, 2.05) is 32.0 Å². The van der Waals surface area contributed by atoms with E-state index in [1.54, 1.807) is 90.5 Å². The molecule has 3 amide bonds. The lowest BCUT2D eigenvalue weighted by Gasteiger charge is -2.13. The number of nitrogens with two attached hydrogens (primary N) is 1. The summed E-state index contributed by atoms with van der Waals surface area (Å²) in [7, 11) is 10.3. The molecule has 1 aromatic carbocycles. The van der Waals surface area contributed by atoms with Gasteiger partial charge in [-0.15, -0.1) is 0 Å². The van der Waals surface area contributed by atoms with Gasteiger partial charge < -0.3 is 25.8 Å². The normalized spacial score (nSPS) is 9.96. The minimum absolute atomic E-state index is 0.0155. The summed E-state index contributed by atoms with van der Waals surface area (Å²) >= 11 is 5.72. The number of nitrogens with one attached hydrogen (secondary N) is 1. The Bertz CT molecular complexity index is 1540. The molecule has 4 aromatic rings. The zero-order valence-electron chi connectivity index (χ0n) is 27.9. The van der Waals surface area contributed by atoms with Crippen LogP contribution >= 0.6 is 11.6 Å². The Hall–Kier alpha value is -5.03. The molecule has 12 heteroatoms. The summed E-state index contributed by atoms with van der Waals surface area (Å²) in [5.74, 6) is 0.965. The number of hydrogen-bond donors (Lipinski definition) is 2. The van der Waals surface area contributed by atoms with Crippen LogP contribution in [0.25, 0.3) is 0 Å². The third-order valence-corrected chi connectivity index (χ3v) is 6.32. The average Bonchev–Trinajstić information content (AvgIpc) is 2.98. The molecular weight excluding hydrogens is 604 g/mol. The summed E-state index contributed by atoms with van der Waals surface area (Å²) in [6.07, 6.45) is 0. The van der Waals surface area contributed by atoms with Crippen LogP contribution in [0.5, 0.6) is 0 Å². The van der Waals surface area contributed by atoms with Crippen LogP contribution in [0.2, 0.25) is 5.15 Å². The lowest BCUT2D eigenvalue weighted by atomic mass is 10.2. The highest BCUT2D eigenvalue weighted by molar-refractivity contribution is 6.29. The van der Waals surface area contributed by atoms with Crippen LogP contribution in [-0.2, 0) is 6.54 Å². The summed E-state index contributed by atoms with van der Waals surface area (Å²) in [5.41, 5.74) is 10.8. The molecule has 0 saturated carbocycles. The number of anilines is 2. The Morgan fingerprint density at radius 1 is 0.652 bits per heavy atom. The van der Waals surface area contributed by atoms with Crippen molar-refractivity contribution in [3.05, 3.63) is 111 Å². The second-order valence-electron chi connectivity index (χ2n) is 11.1. The van der Waals surface area contributed by atoms with E-state index in [2.05, 4.69) is 32.4 Å². The van der Waals surface area contributed by atoms with Gasteiger partial charge in [-0.05, 0) is 62.7 Å². The van der Waals surface area contributed by atoms with Crippen molar-refractivity contribution in [2.75, 3.05) is 53.3 Å². The Labute approximate surface area is 276 Å². The maximum atomic E-state index is 12.0. The number of nitrogens with zero attached hydrogens (tertiary/aromatic N) is 6. The molecule has 46 heavy (non-hydrogen) atoms.